The van der Waals surface area contributed by atoms with Crippen LogP contribution in [0, 0.1) is 6.92 Å². The van der Waals surface area contributed by atoms with Gasteiger partial charge in [0.1, 0.15) is 0 Å². The number of anilines is 1. The molecule has 0 aromatic heterocycles. The number of aliphatic hydroxyl groups is 1. The van der Waals surface area contributed by atoms with E-state index >= 15 is 0 Å². The molecular formula is C12H17Cl2NO. The van der Waals surface area contributed by atoms with Gasteiger partial charge in [0.15, 0.2) is 0 Å². The van der Waals surface area contributed by atoms with E-state index in [0.717, 1.165) is 11.3 Å². The molecule has 1 unspecified atom stereocenters. The van der Waals surface area contributed by atoms with E-state index in [1.165, 1.54) is 0 Å². The van der Waals surface area contributed by atoms with E-state index in [4.69, 9.17) is 23.2 Å². The summed E-state index contributed by atoms with van der Waals surface area (Å²) in [6.07, 6.45) is 0.678. The van der Waals surface area contributed by atoms with E-state index in [-0.39, 0.29) is 0 Å². The lowest BCUT2D eigenvalue weighted by molar-refractivity contribution is 0.0697. The van der Waals surface area contributed by atoms with Crippen LogP contribution in [0.4, 0.5) is 5.69 Å². The summed E-state index contributed by atoms with van der Waals surface area (Å²) in [6, 6.07) is 3.60. The lowest BCUT2D eigenvalue weighted by Crippen LogP contribution is -2.32. The van der Waals surface area contributed by atoms with E-state index in [2.05, 4.69) is 5.32 Å². The molecule has 0 fully saturated rings. The molecule has 2 nitrogen and oxygen atoms in total. The van der Waals surface area contributed by atoms with E-state index in [9.17, 15) is 5.11 Å². The highest BCUT2D eigenvalue weighted by molar-refractivity contribution is 6.35. The molecule has 0 saturated carbocycles. The summed E-state index contributed by atoms with van der Waals surface area (Å²) in [5.74, 6) is 0. The fraction of sp³-hybridized carbons (Fsp3) is 0.500. The van der Waals surface area contributed by atoms with Gasteiger partial charge in [-0.05, 0) is 38.0 Å². The largest absolute Gasteiger partial charge is 0.388 e. The van der Waals surface area contributed by atoms with E-state index in [1.54, 1.807) is 13.0 Å². The van der Waals surface area contributed by atoms with Crippen LogP contribution >= 0.6 is 23.2 Å². The minimum absolute atomic E-state index is 0.447. The first kappa shape index (κ1) is 13.6. The first-order valence-electron chi connectivity index (χ1n) is 5.27. The topological polar surface area (TPSA) is 32.3 Å². The first-order chi connectivity index (χ1) is 7.35. The zero-order valence-corrected chi connectivity index (χ0v) is 11.3. The van der Waals surface area contributed by atoms with Crippen molar-refractivity contribution < 1.29 is 5.11 Å². The molecule has 0 amide bonds. The summed E-state index contributed by atoms with van der Waals surface area (Å²) in [6.45, 7) is 6.07. The number of benzene rings is 1. The molecule has 0 aliphatic rings. The molecule has 1 rings (SSSR count). The normalized spacial score (nSPS) is 14.6. The number of halogens is 2. The van der Waals surface area contributed by atoms with Crippen LogP contribution in [0.5, 0.6) is 0 Å². The number of aryl methyl sites for hydroxylation is 1. The quantitative estimate of drug-likeness (QED) is 0.863. The third-order valence-corrected chi connectivity index (χ3v) is 3.39. The lowest BCUT2D eigenvalue weighted by atomic mass is 10.0. The lowest BCUT2D eigenvalue weighted by Gasteiger charge is -2.22. The van der Waals surface area contributed by atoms with Gasteiger partial charge in [0, 0.05) is 11.6 Å². The number of nitrogens with one attached hydrogen (secondary N) is 1. The molecular weight excluding hydrogens is 245 g/mol. The molecule has 16 heavy (non-hydrogen) atoms. The Kier molecular flexibility index (Phi) is 4.48. The minimum atomic E-state index is -0.735. The zero-order valence-electron chi connectivity index (χ0n) is 9.77. The molecule has 0 heterocycles. The van der Waals surface area contributed by atoms with E-state index in [1.807, 2.05) is 19.9 Å². The third-order valence-electron chi connectivity index (χ3n) is 2.67. The highest BCUT2D eigenvalue weighted by Crippen LogP contribution is 2.29. The van der Waals surface area contributed by atoms with Crippen molar-refractivity contribution in [2.45, 2.75) is 32.8 Å². The Labute approximate surface area is 107 Å². The fourth-order valence-electron chi connectivity index (χ4n) is 1.19. The molecule has 1 aromatic carbocycles. The Balaban J connectivity index is 2.79. The maximum Gasteiger partial charge on any atom is 0.0788 e. The van der Waals surface area contributed by atoms with Gasteiger partial charge in [-0.1, -0.05) is 30.1 Å². The van der Waals surface area contributed by atoms with Crippen molar-refractivity contribution in [2.75, 3.05) is 11.9 Å². The van der Waals surface area contributed by atoms with Gasteiger partial charge in [-0.2, -0.15) is 0 Å². The van der Waals surface area contributed by atoms with Crippen molar-refractivity contribution in [1.82, 2.24) is 0 Å². The summed E-state index contributed by atoms with van der Waals surface area (Å²) < 4.78 is 0. The third kappa shape index (κ3) is 3.55. The number of rotatable bonds is 4. The average Bonchev–Trinajstić information content (AvgIpc) is 2.22. The standard InChI is InChI=1S/C12H17Cl2NO/c1-4-12(3,16)7-15-11-6-9(13)8(2)5-10(11)14/h5-6,15-16H,4,7H2,1-3H3. The van der Waals surface area contributed by atoms with Crippen LogP contribution in [-0.2, 0) is 0 Å². The monoisotopic (exact) mass is 261 g/mol. The summed E-state index contributed by atoms with van der Waals surface area (Å²) in [5.41, 5.74) is 0.964. The molecule has 1 atom stereocenters. The van der Waals surface area contributed by atoms with Gasteiger partial charge in [-0.25, -0.2) is 0 Å². The van der Waals surface area contributed by atoms with Gasteiger partial charge >= 0.3 is 0 Å². The van der Waals surface area contributed by atoms with Crippen LogP contribution in [-0.4, -0.2) is 17.3 Å². The molecule has 0 radical (unpaired) electrons. The van der Waals surface area contributed by atoms with Crippen molar-refractivity contribution in [3.05, 3.63) is 27.7 Å². The minimum Gasteiger partial charge on any atom is -0.388 e. The Morgan fingerprint density at radius 2 is 1.94 bits per heavy atom. The molecule has 0 saturated heterocycles. The SMILES string of the molecule is CCC(C)(O)CNc1cc(Cl)c(C)cc1Cl. The highest BCUT2D eigenvalue weighted by atomic mass is 35.5. The van der Waals surface area contributed by atoms with Gasteiger partial charge in [-0.3, -0.25) is 0 Å². The fourth-order valence-corrected chi connectivity index (χ4v) is 1.64. The van der Waals surface area contributed by atoms with Gasteiger partial charge < -0.3 is 10.4 Å². The Bertz CT molecular complexity index is 378. The van der Waals surface area contributed by atoms with E-state index < -0.39 is 5.60 Å². The van der Waals surface area contributed by atoms with Crippen LogP contribution in [0.15, 0.2) is 12.1 Å². The second-order valence-corrected chi connectivity index (χ2v) is 5.10. The maximum atomic E-state index is 9.86. The van der Waals surface area contributed by atoms with Gasteiger partial charge in [0.05, 0.1) is 16.3 Å². The van der Waals surface area contributed by atoms with Crippen molar-refractivity contribution in [3.63, 3.8) is 0 Å². The molecule has 0 aliphatic heterocycles. The summed E-state index contributed by atoms with van der Waals surface area (Å²) >= 11 is 12.1. The maximum absolute atomic E-state index is 9.86. The molecule has 4 heteroatoms. The zero-order chi connectivity index (χ0) is 12.3. The molecule has 90 valence electrons. The molecule has 0 aliphatic carbocycles. The van der Waals surface area contributed by atoms with Crippen LogP contribution in [0.2, 0.25) is 10.0 Å². The summed E-state index contributed by atoms with van der Waals surface area (Å²) in [4.78, 5) is 0. The number of hydrogen-bond donors (Lipinski definition) is 2. The van der Waals surface area contributed by atoms with Crippen molar-refractivity contribution in [3.8, 4) is 0 Å². The predicted octanol–water partition coefficient (Wildman–Crippen LogP) is 3.87. The van der Waals surface area contributed by atoms with Crippen LogP contribution in [0.25, 0.3) is 0 Å². The summed E-state index contributed by atoms with van der Waals surface area (Å²) in [5, 5.41) is 14.3. The molecule has 0 bridgehead atoms. The van der Waals surface area contributed by atoms with Gasteiger partial charge in [-0.15, -0.1) is 0 Å². The van der Waals surface area contributed by atoms with Crippen LogP contribution < -0.4 is 5.32 Å². The van der Waals surface area contributed by atoms with Crippen molar-refractivity contribution in [1.29, 1.82) is 0 Å². The second kappa shape index (κ2) is 5.26. The van der Waals surface area contributed by atoms with Gasteiger partial charge in [0.25, 0.3) is 0 Å². The number of hydrogen-bond acceptors (Lipinski definition) is 2. The van der Waals surface area contributed by atoms with Gasteiger partial charge in [0.2, 0.25) is 0 Å². The van der Waals surface area contributed by atoms with Crippen molar-refractivity contribution in [2.24, 2.45) is 0 Å². The Hall–Kier alpha value is -0.440. The molecule has 1 aromatic rings. The van der Waals surface area contributed by atoms with E-state index in [0.29, 0.717) is 23.0 Å². The Morgan fingerprint density at radius 3 is 2.50 bits per heavy atom. The predicted molar refractivity (Wildman–Crippen MR) is 70.6 cm³/mol. The average molecular weight is 262 g/mol. The smallest absolute Gasteiger partial charge is 0.0788 e. The Morgan fingerprint density at radius 1 is 1.31 bits per heavy atom. The first-order valence-corrected chi connectivity index (χ1v) is 6.03. The second-order valence-electron chi connectivity index (χ2n) is 4.29. The molecule has 2 N–H and O–H groups in total. The van der Waals surface area contributed by atoms with Crippen LogP contribution in [0.1, 0.15) is 25.8 Å². The van der Waals surface area contributed by atoms with Crippen molar-refractivity contribution >= 4 is 28.9 Å². The highest BCUT2D eigenvalue weighted by Gasteiger charge is 2.17. The van der Waals surface area contributed by atoms with Crippen LogP contribution in [0.3, 0.4) is 0 Å². The summed E-state index contributed by atoms with van der Waals surface area (Å²) in [7, 11) is 0. The molecule has 0 spiro atoms.